The molecule has 158 valence electrons. The van der Waals surface area contributed by atoms with E-state index in [9.17, 15) is 8.42 Å². The van der Waals surface area contributed by atoms with E-state index in [1.807, 2.05) is 7.05 Å². The van der Waals surface area contributed by atoms with Crippen molar-refractivity contribution in [3.8, 4) is 0 Å². The van der Waals surface area contributed by atoms with Gasteiger partial charge in [-0.25, -0.2) is 18.4 Å². The fourth-order valence-electron chi connectivity index (χ4n) is 4.31. The Kier molecular flexibility index (Phi) is 5.34. The van der Waals surface area contributed by atoms with E-state index >= 15 is 0 Å². The number of sulfonamides is 1. The maximum absolute atomic E-state index is 13.2. The van der Waals surface area contributed by atoms with Gasteiger partial charge in [0, 0.05) is 44.7 Å². The highest BCUT2D eigenvalue weighted by atomic mass is 32.2. The third-order valence-electron chi connectivity index (χ3n) is 5.83. The van der Waals surface area contributed by atoms with E-state index in [2.05, 4.69) is 22.4 Å². The molecule has 1 saturated heterocycles. The van der Waals surface area contributed by atoms with Gasteiger partial charge in [0.2, 0.25) is 10.0 Å². The third kappa shape index (κ3) is 3.64. The van der Waals surface area contributed by atoms with Gasteiger partial charge in [0.05, 0.1) is 5.69 Å². The zero-order chi connectivity index (χ0) is 20.8. The zero-order valence-electron chi connectivity index (χ0n) is 17.4. The van der Waals surface area contributed by atoms with E-state index < -0.39 is 10.0 Å². The number of aromatic nitrogens is 3. The Balaban J connectivity index is 1.65. The molecule has 1 N–H and O–H groups in total. The molecule has 0 saturated carbocycles. The van der Waals surface area contributed by atoms with Crippen LogP contribution in [0.25, 0.3) is 0 Å². The standard InChI is InChI=1S/C19H28N6O3S/c1-12-17(13(2)28-23-12)29(26,27)25-8-5-6-14(10-25)18-21-16-11-24(4)9-7-15(16)19(20-3)22-18/h14H,5-11H2,1-4H3,(H,20,21,22). The molecule has 0 bridgehead atoms. The molecule has 2 aliphatic heterocycles. The Hall–Kier alpha value is -2.04. The van der Waals surface area contributed by atoms with Crippen LogP contribution in [0.2, 0.25) is 0 Å². The van der Waals surface area contributed by atoms with Crippen LogP contribution >= 0.6 is 0 Å². The van der Waals surface area contributed by atoms with Crippen molar-refractivity contribution in [1.29, 1.82) is 0 Å². The van der Waals surface area contributed by atoms with E-state index in [0.29, 0.717) is 24.5 Å². The average Bonchev–Trinajstić information content (AvgIpc) is 3.05. The number of fused-ring (bicyclic) bond motifs is 1. The molecule has 2 aromatic heterocycles. The maximum Gasteiger partial charge on any atom is 0.248 e. The molecule has 1 unspecified atom stereocenters. The topological polar surface area (TPSA) is 104 Å². The van der Waals surface area contributed by atoms with Crippen LogP contribution in [-0.2, 0) is 23.0 Å². The van der Waals surface area contributed by atoms with Gasteiger partial charge in [-0.15, -0.1) is 0 Å². The number of nitrogens with one attached hydrogen (secondary N) is 1. The molecule has 9 nitrogen and oxygen atoms in total. The van der Waals surface area contributed by atoms with Crippen LogP contribution in [-0.4, -0.2) is 66.5 Å². The van der Waals surface area contributed by atoms with Crippen LogP contribution in [0.1, 0.15) is 47.3 Å². The molecule has 29 heavy (non-hydrogen) atoms. The highest BCUT2D eigenvalue weighted by Gasteiger charge is 2.36. The molecule has 1 atom stereocenters. The van der Waals surface area contributed by atoms with Gasteiger partial charge >= 0.3 is 0 Å². The molecule has 0 radical (unpaired) electrons. The first-order chi connectivity index (χ1) is 13.8. The van der Waals surface area contributed by atoms with Crippen LogP contribution in [0, 0.1) is 13.8 Å². The van der Waals surface area contributed by atoms with Gasteiger partial charge in [-0.1, -0.05) is 5.16 Å². The quantitative estimate of drug-likeness (QED) is 0.797. The number of aryl methyl sites for hydroxylation is 2. The van der Waals surface area contributed by atoms with Crippen molar-refractivity contribution in [1.82, 2.24) is 24.3 Å². The summed E-state index contributed by atoms with van der Waals surface area (Å²) in [6.07, 6.45) is 2.55. The molecule has 0 amide bonds. The number of anilines is 1. The third-order valence-corrected chi connectivity index (χ3v) is 7.94. The minimum Gasteiger partial charge on any atom is -0.373 e. The maximum atomic E-state index is 13.2. The van der Waals surface area contributed by atoms with Crippen LogP contribution in [0.15, 0.2) is 9.42 Å². The normalized spacial score (nSPS) is 21.2. The lowest BCUT2D eigenvalue weighted by molar-refractivity contribution is 0.296. The summed E-state index contributed by atoms with van der Waals surface area (Å²) >= 11 is 0. The molecule has 4 rings (SSSR count). The van der Waals surface area contributed by atoms with E-state index in [-0.39, 0.29) is 10.8 Å². The second-order valence-electron chi connectivity index (χ2n) is 7.95. The van der Waals surface area contributed by atoms with Crippen molar-refractivity contribution >= 4 is 15.8 Å². The van der Waals surface area contributed by atoms with Gasteiger partial charge in [0.1, 0.15) is 22.2 Å². The largest absolute Gasteiger partial charge is 0.373 e. The molecule has 2 aliphatic rings. The highest BCUT2D eigenvalue weighted by Crippen LogP contribution is 2.33. The van der Waals surface area contributed by atoms with Gasteiger partial charge < -0.3 is 14.7 Å². The average molecular weight is 421 g/mol. The predicted molar refractivity (Wildman–Crippen MR) is 108 cm³/mol. The van der Waals surface area contributed by atoms with Gasteiger partial charge in [-0.3, -0.25) is 0 Å². The van der Waals surface area contributed by atoms with E-state index in [4.69, 9.17) is 14.5 Å². The van der Waals surface area contributed by atoms with Crippen LogP contribution < -0.4 is 5.32 Å². The van der Waals surface area contributed by atoms with Crippen LogP contribution in [0.3, 0.4) is 0 Å². The van der Waals surface area contributed by atoms with Gasteiger partial charge in [0.15, 0.2) is 5.76 Å². The van der Waals surface area contributed by atoms with E-state index in [1.54, 1.807) is 13.8 Å². The van der Waals surface area contributed by atoms with E-state index in [0.717, 1.165) is 49.7 Å². The van der Waals surface area contributed by atoms with Crippen molar-refractivity contribution in [3.05, 3.63) is 28.5 Å². The minimum absolute atomic E-state index is 0.0383. The summed E-state index contributed by atoms with van der Waals surface area (Å²) in [5.41, 5.74) is 2.61. The Bertz CT molecular complexity index is 1000. The fourth-order valence-corrected chi connectivity index (χ4v) is 6.13. The van der Waals surface area contributed by atoms with Crippen LogP contribution in [0.4, 0.5) is 5.82 Å². The summed E-state index contributed by atoms with van der Waals surface area (Å²) in [5.74, 6) is 1.88. The molecule has 4 heterocycles. The van der Waals surface area contributed by atoms with E-state index in [1.165, 1.54) is 9.87 Å². The number of rotatable bonds is 4. The second kappa shape index (κ2) is 7.66. The minimum atomic E-state index is -3.67. The summed E-state index contributed by atoms with van der Waals surface area (Å²) in [6, 6.07) is 0. The summed E-state index contributed by atoms with van der Waals surface area (Å²) in [7, 11) is 0.295. The molecule has 0 aliphatic carbocycles. The summed E-state index contributed by atoms with van der Waals surface area (Å²) in [5, 5.41) is 7.02. The van der Waals surface area contributed by atoms with Crippen molar-refractivity contribution in [3.63, 3.8) is 0 Å². The van der Waals surface area contributed by atoms with Gasteiger partial charge in [-0.05, 0) is 40.2 Å². The first kappa shape index (κ1) is 20.2. The Morgan fingerprint density at radius 3 is 2.69 bits per heavy atom. The molecule has 10 heteroatoms. The van der Waals surface area contributed by atoms with Crippen molar-refractivity contribution in [2.75, 3.05) is 39.0 Å². The van der Waals surface area contributed by atoms with Crippen molar-refractivity contribution < 1.29 is 12.9 Å². The summed E-state index contributed by atoms with van der Waals surface area (Å²) in [6.45, 7) is 5.91. The predicted octanol–water partition coefficient (Wildman–Crippen LogP) is 1.68. The SMILES string of the molecule is CNc1nc(C2CCCN(S(=O)(=O)c3c(C)noc3C)C2)nc2c1CCN(C)C2. The molecule has 1 fully saturated rings. The second-order valence-corrected chi connectivity index (χ2v) is 9.82. The molecular weight excluding hydrogens is 392 g/mol. The van der Waals surface area contributed by atoms with Crippen molar-refractivity contribution in [2.45, 2.75) is 50.5 Å². The summed E-state index contributed by atoms with van der Waals surface area (Å²) in [4.78, 5) is 12.1. The number of hydrogen-bond acceptors (Lipinski definition) is 8. The first-order valence-electron chi connectivity index (χ1n) is 10.00. The lowest BCUT2D eigenvalue weighted by Crippen LogP contribution is -2.40. The zero-order valence-corrected chi connectivity index (χ0v) is 18.2. The lowest BCUT2D eigenvalue weighted by Gasteiger charge is -2.32. The Labute approximate surface area is 171 Å². The van der Waals surface area contributed by atoms with Crippen LogP contribution in [0.5, 0.6) is 0 Å². The number of likely N-dealkylation sites (N-methyl/N-ethyl adjacent to an activating group) is 1. The van der Waals surface area contributed by atoms with Gasteiger partial charge in [0.25, 0.3) is 0 Å². The highest BCUT2D eigenvalue weighted by molar-refractivity contribution is 7.89. The molecular formula is C19H28N6O3S. The Morgan fingerprint density at radius 2 is 2.00 bits per heavy atom. The lowest BCUT2D eigenvalue weighted by atomic mass is 9.97. The molecule has 0 spiro atoms. The smallest absolute Gasteiger partial charge is 0.248 e. The number of hydrogen-bond donors (Lipinski definition) is 1. The molecule has 2 aromatic rings. The van der Waals surface area contributed by atoms with Crippen molar-refractivity contribution in [2.24, 2.45) is 0 Å². The Morgan fingerprint density at radius 1 is 1.21 bits per heavy atom. The first-order valence-corrected chi connectivity index (χ1v) is 11.4. The summed E-state index contributed by atoms with van der Waals surface area (Å²) < 4.78 is 33.1. The fraction of sp³-hybridized carbons (Fsp3) is 0.632. The monoisotopic (exact) mass is 420 g/mol. The van der Waals surface area contributed by atoms with Gasteiger partial charge in [-0.2, -0.15) is 4.31 Å². The number of piperidine rings is 1. The number of nitrogens with zero attached hydrogens (tertiary/aromatic N) is 5. The molecule has 0 aromatic carbocycles.